The molecule has 0 aliphatic heterocycles. The van der Waals surface area contributed by atoms with Gasteiger partial charge in [0.15, 0.2) is 0 Å². The Hall–Kier alpha value is -2.47. The molecular weight excluding hydrogens is 310 g/mol. The lowest BCUT2D eigenvalue weighted by Crippen LogP contribution is -2.28. The van der Waals surface area contributed by atoms with Gasteiger partial charge in [0.2, 0.25) is 0 Å². The van der Waals surface area contributed by atoms with Crippen LogP contribution in [0, 0.1) is 0 Å². The Morgan fingerprint density at radius 3 is 2.91 bits per heavy atom. The van der Waals surface area contributed by atoms with Gasteiger partial charge in [-0.2, -0.15) is 0 Å². The average molecular weight is 325 g/mol. The molecule has 1 aromatic carbocycles. The van der Waals surface area contributed by atoms with E-state index in [-0.39, 0.29) is 5.56 Å². The molecule has 1 aliphatic rings. The third kappa shape index (κ3) is 2.66. The largest absolute Gasteiger partial charge is 0.328 e. The highest BCUT2D eigenvalue weighted by atomic mass is 32.1. The number of H-pyrrole nitrogens is 1. The fourth-order valence-electron chi connectivity index (χ4n) is 2.97. The maximum atomic E-state index is 11.8. The summed E-state index contributed by atoms with van der Waals surface area (Å²) in [6, 6.07) is 9.75. The lowest BCUT2D eigenvalue weighted by atomic mass is 10.0. The molecule has 0 saturated carbocycles. The molecule has 0 unspecified atom stereocenters. The number of aromatic amines is 1. The van der Waals surface area contributed by atoms with E-state index in [0.717, 1.165) is 30.0 Å². The minimum absolute atomic E-state index is 0.380. The first-order valence-corrected chi connectivity index (χ1v) is 8.39. The van der Waals surface area contributed by atoms with Gasteiger partial charge < -0.3 is 0 Å². The first-order chi connectivity index (χ1) is 11.2. The second-order valence-corrected chi connectivity index (χ2v) is 6.80. The number of fused-ring (bicyclic) bond motifs is 3. The summed E-state index contributed by atoms with van der Waals surface area (Å²) in [5.74, 6) is 0. The van der Waals surface area contributed by atoms with E-state index < -0.39 is 5.69 Å². The third-order valence-electron chi connectivity index (χ3n) is 4.07. The Morgan fingerprint density at radius 2 is 2.04 bits per heavy atom. The number of hydrogen-bond donors (Lipinski definition) is 1. The third-order valence-corrected chi connectivity index (χ3v) is 5.17. The van der Waals surface area contributed by atoms with Gasteiger partial charge in [-0.05, 0) is 24.8 Å². The molecule has 2 aromatic heterocycles. The summed E-state index contributed by atoms with van der Waals surface area (Å²) in [7, 11) is 0. The number of rotatable bonds is 2. The zero-order valence-electron chi connectivity index (χ0n) is 12.4. The van der Waals surface area contributed by atoms with Crippen LogP contribution in [0.5, 0.6) is 0 Å². The molecule has 0 amide bonds. The molecule has 0 radical (unpaired) electrons. The van der Waals surface area contributed by atoms with Gasteiger partial charge in [0.25, 0.3) is 5.56 Å². The van der Waals surface area contributed by atoms with Gasteiger partial charge in [0, 0.05) is 22.7 Å². The van der Waals surface area contributed by atoms with E-state index in [1.807, 2.05) is 6.07 Å². The SMILES string of the molecule is O=c1ccn(Cc2nc3c(s2)CCCc2ccccc2-3)c(=O)[nH]1. The van der Waals surface area contributed by atoms with Crippen LogP contribution in [-0.4, -0.2) is 14.5 Å². The summed E-state index contributed by atoms with van der Waals surface area (Å²) < 4.78 is 1.48. The molecule has 2 heterocycles. The van der Waals surface area contributed by atoms with Crippen LogP contribution >= 0.6 is 11.3 Å². The number of aromatic nitrogens is 3. The highest BCUT2D eigenvalue weighted by Gasteiger charge is 2.19. The molecule has 1 aliphatic carbocycles. The number of thiazole rings is 1. The highest BCUT2D eigenvalue weighted by molar-refractivity contribution is 7.12. The van der Waals surface area contributed by atoms with Crippen molar-refractivity contribution in [3.63, 3.8) is 0 Å². The quantitative estimate of drug-likeness (QED) is 0.785. The van der Waals surface area contributed by atoms with Crippen LogP contribution in [0.4, 0.5) is 0 Å². The number of nitrogens with zero attached hydrogens (tertiary/aromatic N) is 2. The Morgan fingerprint density at radius 1 is 1.17 bits per heavy atom. The van der Waals surface area contributed by atoms with E-state index in [1.54, 1.807) is 11.3 Å². The highest BCUT2D eigenvalue weighted by Crippen LogP contribution is 2.35. The molecular formula is C17H15N3O2S. The van der Waals surface area contributed by atoms with Gasteiger partial charge in [-0.3, -0.25) is 14.3 Å². The molecule has 0 saturated heterocycles. The second kappa shape index (κ2) is 5.62. The molecule has 0 fully saturated rings. The van der Waals surface area contributed by atoms with Gasteiger partial charge in [0.1, 0.15) is 5.01 Å². The summed E-state index contributed by atoms with van der Waals surface area (Å²) in [5, 5.41) is 0.890. The van der Waals surface area contributed by atoms with Crippen molar-refractivity contribution in [3.05, 3.63) is 72.8 Å². The Labute approximate surface area is 136 Å². The van der Waals surface area contributed by atoms with Crippen molar-refractivity contribution in [1.82, 2.24) is 14.5 Å². The summed E-state index contributed by atoms with van der Waals surface area (Å²) in [5.41, 5.74) is 2.81. The zero-order valence-corrected chi connectivity index (χ0v) is 13.2. The van der Waals surface area contributed by atoms with E-state index in [1.165, 1.54) is 32.8 Å². The fraction of sp³-hybridized carbons (Fsp3) is 0.235. The van der Waals surface area contributed by atoms with Crippen molar-refractivity contribution in [3.8, 4) is 11.3 Å². The van der Waals surface area contributed by atoms with Crippen LogP contribution < -0.4 is 11.2 Å². The van der Waals surface area contributed by atoms with E-state index in [2.05, 4.69) is 23.2 Å². The average Bonchev–Trinajstić information content (AvgIpc) is 2.85. The minimum atomic E-state index is -0.400. The Kier molecular flexibility index (Phi) is 3.46. The van der Waals surface area contributed by atoms with E-state index in [0.29, 0.717) is 6.54 Å². The normalized spacial score (nSPS) is 13.2. The van der Waals surface area contributed by atoms with E-state index in [9.17, 15) is 9.59 Å². The monoisotopic (exact) mass is 325 g/mol. The summed E-state index contributed by atoms with van der Waals surface area (Å²) in [6.45, 7) is 0.384. The first kappa shape index (κ1) is 14.1. The van der Waals surface area contributed by atoms with Gasteiger partial charge in [-0.15, -0.1) is 11.3 Å². The molecule has 116 valence electrons. The lowest BCUT2D eigenvalue weighted by molar-refractivity contribution is 0.717. The summed E-state index contributed by atoms with van der Waals surface area (Å²) >= 11 is 1.66. The van der Waals surface area contributed by atoms with Gasteiger partial charge in [-0.1, -0.05) is 24.3 Å². The smallest absolute Gasteiger partial charge is 0.294 e. The van der Waals surface area contributed by atoms with Crippen LogP contribution in [-0.2, 0) is 19.4 Å². The fourth-order valence-corrected chi connectivity index (χ4v) is 4.09. The number of benzene rings is 1. The van der Waals surface area contributed by atoms with Crippen LogP contribution in [0.25, 0.3) is 11.3 Å². The lowest BCUT2D eigenvalue weighted by Gasteiger charge is -2.04. The molecule has 4 rings (SSSR count). The minimum Gasteiger partial charge on any atom is -0.294 e. The second-order valence-electron chi connectivity index (χ2n) is 5.63. The van der Waals surface area contributed by atoms with Crippen molar-refractivity contribution < 1.29 is 0 Å². The van der Waals surface area contributed by atoms with Crippen LogP contribution in [0.15, 0.2) is 46.1 Å². The van der Waals surface area contributed by atoms with Crippen molar-refractivity contribution in [2.45, 2.75) is 25.8 Å². The van der Waals surface area contributed by atoms with Crippen LogP contribution in [0.1, 0.15) is 21.9 Å². The molecule has 0 atom stereocenters. The van der Waals surface area contributed by atoms with Crippen molar-refractivity contribution >= 4 is 11.3 Å². The maximum absolute atomic E-state index is 11.8. The maximum Gasteiger partial charge on any atom is 0.328 e. The standard InChI is InChI=1S/C17H15N3O2S/c21-14-8-9-20(17(22)18-14)10-15-19-16-12-6-2-1-4-11(12)5-3-7-13(16)23-15/h1-2,4,6,8-9H,3,5,7,10H2,(H,18,21,22). The molecule has 0 spiro atoms. The van der Waals surface area contributed by atoms with E-state index >= 15 is 0 Å². The Balaban J connectivity index is 1.75. The molecule has 1 N–H and O–H groups in total. The van der Waals surface area contributed by atoms with Crippen LogP contribution in [0.3, 0.4) is 0 Å². The Bertz CT molecular complexity index is 984. The topological polar surface area (TPSA) is 67.8 Å². The van der Waals surface area contributed by atoms with Crippen molar-refractivity contribution in [2.24, 2.45) is 0 Å². The number of hydrogen-bond acceptors (Lipinski definition) is 4. The predicted molar refractivity (Wildman–Crippen MR) is 90.0 cm³/mol. The first-order valence-electron chi connectivity index (χ1n) is 7.57. The van der Waals surface area contributed by atoms with Gasteiger partial charge >= 0.3 is 5.69 Å². The number of aryl methyl sites for hydroxylation is 2. The van der Waals surface area contributed by atoms with E-state index in [4.69, 9.17) is 4.98 Å². The summed E-state index contributed by atoms with van der Waals surface area (Å²) in [4.78, 5) is 31.3. The molecule has 6 heteroatoms. The van der Waals surface area contributed by atoms with Gasteiger partial charge in [-0.25, -0.2) is 9.78 Å². The zero-order chi connectivity index (χ0) is 15.8. The van der Waals surface area contributed by atoms with Gasteiger partial charge in [0.05, 0.1) is 12.2 Å². The predicted octanol–water partition coefficient (Wildman–Crippen LogP) is 2.20. The molecule has 5 nitrogen and oxygen atoms in total. The summed E-state index contributed by atoms with van der Waals surface area (Å²) in [6.07, 6.45) is 4.72. The molecule has 23 heavy (non-hydrogen) atoms. The molecule has 0 bridgehead atoms. The van der Waals surface area contributed by atoms with Crippen molar-refractivity contribution in [2.75, 3.05) is 0 Å². The van der Waals surface area contributed by atoms with Crippen LogP contribution in [0.2, 0.25) is 0 Å². The molecule has 3 aromatic rings. The number of nitrogens with one attached hydrogen (secondary N) is 1. The van der Waals surface area contributed by atoms with Crippen molar-refractivity contribution in [1.29, 1.82) is 0 Å².